The van der Waals surface area contributed by atoms with E-state index in [1.165, 1.54) is 0 Å². The molecule has 1 saturated heterocycles. The highest BCUT2D eigenvalue weighted by Crippen LogP contribution is 2.45. The lowest BCUT2D eigenvalue weighted by Gasteiger charge is -2.41. The van der Waals surface area contributed by atoms with Crippen molar-refractivity contribution in [3.05, 3.63) is 54.4 Å². The van der Waals surface area contributed by atoms with Gasteiger partial charge in [0.25, 0.3) is 0 Å². The lowest BCUT2D eigenvalue weighted by Crippen LogP contribution is -2.42. The average molecular weight is 548 g/mol. The number of pyridine rings is 1. The minimum Gasteiger partial charge on any atom is -0.439 e. The maximum atomic E-state index is 13.4. The molecular formula is C29H33N5O4S. The van der Waals surface area contributed by atoms with Crippen LogP contribution in [0.2, 0.25) is 0 Å². The van der Waals surface area contributed by atoms with Crippen LogP contribution < -0.4 is 10.2 Å². The van der Waals surface area contributed by atoms with E-state index >= 15 is 0 Å². The summed E-state index contributed by atoms with van der Waals surface area (Å²) in [6.07, 6.45) is 6.60. The summed E-state index contributed by atoms with van der Waals surface area (Å²) in [5, 5.41) is 12.5. The van der Waals surface area contributed by atoms with Gasteiger partial charge in [0.05, 0.1) is 17.6 Å². The summed E-state index contributed by atoms with van der Waals surface area (Å²) in [5.74, 6) is 1.36. The molecule has 2 aromatic heterocycles. The molecule has 3 aliphatic rings. The Morgan fingerprint density at radius 2 is 1.85 bits per heavy atom. The number of carbonyl (C=O) groups excluding carboxylic acids is 1. The van der Waals surface area contributed by atoms with Gasteiger partial charge in [-0.25, -0.2) is 4.98 Å². The second-order valence-electron chi connectivity index (χ2n) is 10.9. The van der Waals surface area contributed by atoms with Crippen molar-refractivity contribution in [3.63, 3.8) is 0 Å². The molecule has 10 heteroatoms. The van der Waals surface area contributed by atoms with Crippen LogP contribution in [0, 0.1) is 17.2 Å². The highest BCUT2D eigenvalue weighted by Gasteiger charge is 2.47. The van der Waals surface area contributed by atoms with Crippen molar-refractivity contribution in [2.45, 2.75) is 50.0 Å². The lowest BCUT2D eigenvalue weighted by molar-refractivity contribution is -0.127. The molecule has 3 N–H and O–H groups in total. The number of nitrogens with zero attached hydrogens (tertiary/aromatic N) is 4. The number of hydrogen-bond acceptors (Lipinski definition) is 8. The van der Waals surface area contributed by atoms with E-state index in [0.29, 0.717) is 60.5 Å². The Bertz CT molecular complexity index is 1370. The third-order valence-corrected chi connectivity index (χ3v) is 9.86. The van der Waals surface area contributed by atoms with Crippen molar-refractivity contribution >= 4 is 22.2 Å². The monoisotopic (exact) mass is 547 g/mol. The summed E-state index contributed by atoms with van der Waals surface area (Å²) in [6.45, 7) is 1.20. The Morgan fingerprint density at radius 3 is 2.51 bits per heavy atom. The van der Waals surface area contributed by atoms with E-state index in [4.69, 9.17) is 9.40 Å². The highest BCUT2D eigenvalue weighted by molar-refractivity contribution is 8.24. The third-order valence-electron chi connectivity index (χ3n) is 8.19. The Morgan fingerprint density at radius 1 is 1.10 bits per heavy atom. The molecule has 0 spiro atoms. The highest BCUT2D eigenvalue weighted by atomic mass is 32.3. The number of oxazole rings is 1. The van der Waals surface area contributed by atoms with Crippen molar-refractivity contribution in [1.29, 1.82) is 5.26 Å². The van der Waals surface area contributed by atoms with Gasteiger partial charge in [-0.05, 0) is 49.9 Å². The Hall–Kier alpha value is -3.39. The van der Waals surface area contributed by atoms with E-state index in [0.717, 1.165) is 36.9 Å². The van der Waals surface area contributed by atoms with Crippen LogP contribution in [0.1, 0.15) is 50.2 Å². The first-order chi connectivity index (χ1) is 18.9. The summed E-state index contributed by atoms with van der Waals surface area (Å²) in [4.78, 5) is 24.9. The summed E-state index contributed by atoms with van der Waals surface area (Å²) < 4.78 is 26.4. The molecule has 1 aliphatic heterocycles. The van der Waals surface area contributed by atoms with E-state index in [1.807, 2.05) is 42.5 Å². The zero-order valence-electron chi connectivity index (χ0n) is 21.8. The first kappa shape index (κ1) is 25.9. The van der Waals surface area contributed by atoms with Crippen LogP contribution in [0.25, 0.3) is 22.8 Å². The summed E-state index contributed by atoms with van der Waals surface area (Å²) >= 11 is 0. The van der Waals surface area contributed by atoms with E-state index in [1.54, 1.807) is 6.20 Å². The summed E-state index contributed by atoms with van der Waals surface area (Å²) in [6, 6.07) is 15.9. The fourth-order valence-corrected chi connectivity index (χ4v) is 6.91. The molecule has 3 heterocycles. The standard InChI is InChI=1S/C29H33N5O4S/c30-19-29(12-13-29)33-27(35)23-6-2-1-5-22(23)26-25(32-28(38-26)24-7-3-4-14-31-24)20-8-10-21(11-9-20)34-15-17-39(36,37)18-16-34/h3-4,7-11,14,22-23,36-37H,1-2,5-6,12-13,15-18H2,(H,33,35)/t22-,23-/m1/s1. The minimum absolute atomic E-state index is 0.0769. The second kappa shape index (κ2) is 10.3. The molecule has 204 valence electrons. The molecule has 2 atom stereocenters. The molecule has 39 heavy (non-hydrogen) atoms. The van der Waals surface area contributed by atoms with Gasteiger partial charge in [-0.3, -0.25) is 18.9 Å². The number of aromatic nitrogens is 2. The number of nitrogens with one attached hydrogen (secondary N) is 1. The van der Waals surface area contributed by atoms with Gasteiger partial charge < -0.3 is 14.6 Å². The first-order valence-electron chi connectivity index (χ1n) is 13.6. The molecule has 0 bridgehead atoms. The molecule has 0 unspecified atom stereocenters. The molecule has 9 nitrogen and oxygen atoms in total. The third kappa shape index (κ3) is 5.39. The molecule has 6 rings (SSSR count). The van der Waals surface area contributed by atoms with E-state index in [9.17, 15) is 19.2 Å². The number of benzene rings is 1. The van der Waals surface area contributed by atoms with E-state index in [-0.39, 0.29) is 17.7 Å². The SMILES string of the molecule is N#CC1(NC(=O)[C@@H]2CCCC[C@H]2c2oc(-c3ccccn3)nc2-c2ccc(N3CCS(O)(O)CC3)cc2)CC1. The zero-order chi connectivity index (χ0) is 27.0. The van der Waals surface area contributed by atoms with Crippen molar-refractivity contribution in [1.82, 2.24) is 15.3 Å². The quantitative estimate of drug-likeness (QED) is 0.372. The van der Waals surface area contributed by atoms with Crippen molar-refractivity contribution in [2.75, 3.05) is 29.5 Å². The minimum atomic E-state index is -2.46. The Kier molecular flexibility index (Phi) is 6.83. The van der Waals surface area contributed by atoms with Crippen LogP contribution in [-0.4, -0.2) is 55.1 Å². The molecule has 1 aromatic carbocycles. The second-order valence-corrected chi connectivity index (χ2v) is 13.3. The maximum absolute atomic E-state index is 13.4. The van der Waals surface area contributed by atoms with Gasteiger partial charge in [-0.1, -0.05) is 31.0 Å². The van der Waals surface area contributed by atoms with Crippen LogP contribution in [0.15, 0.2) is 53.1 Å². The number of hydrogen-bond donors (Lipinski definition) is 3. The molecule has 3 aromatic rings. The van der Waals surface area contributed by atoms with Crippen molar-refractivity contribution in [3.8, 4) is 28.9 Å². The fraction of sp³-hybridized carbons (Fsp3) is 0.448. The van der Waals surface area contributed by atoms with Gasteiger partial charge in [-0.2, -0.15) is 15.9 Å². The largest absolute Gasteiger partial charge is 0.439 e. The number of nitriles is 1. The summed E-state index contributed by atoms with van der Waals surface area (Å²) in [7, 11) is -2.46. The molecule has 3 fully saturated rings. The van der Waals surface area contributed by atoms with Gasteiger partial charge in [0, 0.05) is 42.4 Å². The van der Waals surface area contributed by atoms with Gasteiger partial charge >= 0.3 is 0 Å². The lowest BCUT2D eigenvalue weighted by atomic mass is 9.76. The molecule has 0 radical (unpaired) electrons. The van der Waals surface area contributed by atoms with Gasteiger partial charge in [0.2, 0.25) is 11.8 Å². The Balaban J connectivity index is 1.33. The first-order valence-corrected chi connectivity index (χ1v) is 15.5. The van der Waals surface area contributed by atoms with Crippen molar-refractivity contribution < 1.29 is 18.3 Å². The molecular weight excluding hydrogens is 514 g/mol. The Labute approximate surface area is 229 Å². The van der Waals surface area contributed by atoms with Crippen LogP contribution in [-0.2, 0) is 4.79 Å². The predicted octanol–water partition coefficient (Wildman–Crippen LogP) is 5.42. The molecule has 1 amide bonds. The van der Waals surface area contributed by atoms with Crippen LogP contribution >= 0.6 is 10.6 Å². The van der Waals surface area contributed by atoms with Gasteiger partial charge in [-0.15, -0.1) is 0 Å². The smallest absolute Gasteiger partial charge is 0.245 e. The average Bonchev–Trinajstić information content (AvgIpc) is 3.60. The number of amides is 1. The summed E-state index contributed by atoms with van der Waals surface area (Å²) in [5.41, 5.74) is 2.54. The maximum Gasteiger partial charge on any atom is 0.245 e. The zero-order valence-corrected chi connectivity index (χ0v) is 22.6. The van der Waals surface area contributed by atoms with E-state index in [2.05, 4.69) is 21.3 Å². The number of rotatable bonds is 6. The number of carbonyl (C=O) groups is 1. The van der Waals surface area contributed by atoms with Gasteiger partial charge in [0.1, 0.15) is 22.7 Å². The van der Waals surface area contributed by atoms with Crippen molar-refractivity contribution in [2.24, 2.45) is 5.92 Å². The topological polar surface area (TPSA) is 136 Å². The normalized spacial score (nSPS) is 24.4. The van der Waals surface area contributed by atoms with Crippen LogP contribution in [0.3, 0.4) is 0 Å². The predicted molar refractivity (Wildman–Crippen MR) is 150 cm³/mol. The molecule has 2 aliphatic carbocycles. The van der Waals surface area contributed by atoms with Crippen LogP contribution in [0.5, 0.6) is 0 Å². The number of anilines is 1. The molecule has 2 saturated carbocycles. The van der Waals surface area contributed by atoms with E-state index < -0.39 is 16.1 Å². The fourth-order valence-electron chi connectivity index (χ4n) is 5.68. The van der Waals surface area contributed by atoms with Gasteiger partial charge in [0.15, 0.2) is 0 Å². The van der Waals surface area contributed by atoms with Crippen LogP contribution in [0.4, 0.5) is 5.69 Å².